The molecule has 0 spiro atoms. The largest absolute Gasteiger partial charge is 0.507 e. The maximum Gasteiger partial charge on any atom is 0.335 e. The quantitative estimate of drug-likeness (QED) is 0.742. The molecule has 0 aromatic heterocycles. The molecule has 0 fully saturated rings. The number of aromatic hydroxyl groups is 1. The van der Waals surface area contributed by atoms with Crippen molar-refractivity contribution in [3.05, 3.63) is 58.8 Å². The van der Waals surface area contributed by atoms with Crippen LogP contribution in [0.25, 0.3) is 6.08 Å². The van der Waals surface area contributed by atoms with Crippen LogP contribution in [0.4, 0.5) is 0 Å². The third-order valence-electron chi connectivity index (χ3n) is 2.70. The predicted molar refractivity (Wildman–Crippen MR) is 68.7 cm³/mol. The highest BCUT2D eigenvalue weighted by atomic mass is 16.4. The Bertz CT molecular complexity index is 582. The van der Waals surface area contributed by atoms with E-state index in [0.717, 1.165) is 0 Å². The zero-order valence-corrected chi connectivity index (χ0v) is 9.63. The van der Waals surface area contributed by atoms with Crippen LogP contribution in [0.2, 0.25) is 0 Å². The molecule has 0 bridgehead atoms. The van der Waals surface area contributed by atoms with Crippen LogP contribution in [0.15, 0.2) is 53.3 Å². The van der Waals surface area contributed by atoms with Gasteiger partial charge in [0.05, 0.1) is 5.57 Å². The highest BCUT2D eigenvalue weighted by Gasteiger charge is 2.17. The highest BCUT2D eigenvalue weighted by molar-refractivity contribution is 5.95. The zero-order valence-electron chi connectivity index (χ0n) is 9.63. The minimum atomic E-state index is -1.000. The predicted octanol–water partition coefficient (Wildman–Crippen LogP) is 2.03. The van der Waals surface area contributed by atoms with E-state index < -0.39 is 5.97 Å². The van der Waals surface area contributed by atoms with Gasteiger partial charge in [-0.1, -0.05) is 18.2 Å². The summed E-state index contributed by atoms with van der Waals surface area (Å²) in [6.45, 7) is 0. The minimum absolute atomic E-state index is 0.114. The number of carbonyl (C=O) groups is 1. The van der Waals surface area contributed by atoms with Crippen molar-refractivity contribution in [1.82, 2.24) is 0 Å². The van der Waals surface area contributed by atoms with E-state index in [1.165, 1.54) is 6.08 Å². The van der Waals surface area contributed by atoms with Gasteiger partial charge in [0.15, 0.2) is 0 Å². The number of rotatable bonds is 2. The molecular weight excluding hydrogens is 230 g/mol. The molecule has 2 rings (SSSR count). The Hall–Kier alpha value is -2.49. The van der Waals surface area contributed by atoms with Crippen LogP contribution in [0, 0.1) is 0 Å². The molecule has 0 heterocycles. The summed E-state index contributed by atoms with van der Waals surface area (Å²) < 4.78 is 0. The Morgan fingerprint density at radius 3 is 2.67 bits per heavy atom. The lowest BCUT2D eigenvalue weighted by molar-refractivity contribution is -0.132. The fourth-order valence-electron chi connectivity index (χ4n) is 1.81. The van der Waals surface area contributed by atoms with Gasteiger partial charge in [0.25, 0.3) is 0 Å². The molecule has 0 atom stereocenters. The number of phenols is 1. The van der Waals surface area contributed by atoms with Gasteiger partial charge in [0.2, 0.25) is 0 Å². The van der Waals surface area contributed by atoms with E-state index in [0.29, 0.717) is 23.3 Å². The van der Waals surface area contributed by atoms with Crippen molar-refractivity contribution in [2.45, 2.75) is 6.42 Å². The Kier molecular flexibility index (Phi) is 3.19. The molecule has 4 N–H and O–H groups in total. The van der Waals surface area contributed by atoms with Crippen LogP contribution >= 0.6 is 0 Å². The molecule has 1 aliphatic rings. The Labute approximate surface area is 104 Å². The summed E-state index contributed by atoms with van der Waals surface area (Å²) in [5.41, 5.74) is 7.66. The first-order valence-electron chi connectivity index (χ1n) is 5.46. The molecule has 1 aromatic rings. The number of carboxylic acid groups (broad SMARTS) is 1. The average Bonchev–Trinajstić information content (AvgIpc) is 2.32. The molecule has 1 aliphatic carbocycles. The highest BCUT2D eigenvalue weighted by Crippen LogP contribution is 2.27. The molecule has 0 amide bonds. The molecule has 0 saturated carbocycles. The molecule has 1 aromatic carbocycles. The summed E-state index contributed by atoms with van der Waals surface area (Å²) in [6.07, 6.45) is 5.08. The van der Waals surface area contributed by atoms with Crippen molar-refractivity contribution < 1.29 is 15.0 Å². The number of phenolic OH excluding ortho intramolecular Hbond substituents is 1. The van der Waals surface area contributed by atoms with Crippen molar-refractivity contribution in [1.29, 1.82) is 0 Å². The second-order valence-corrected chi connectivity index (χ2v) is 4.03. The van der Waals surface area contributed by atoms with Gasteiger partial charge in [0.1, 0.15) is 5.75 Å². The summed E-state index contributed by atoms with van der Waals surface area (Å²) in [5, 5.41) is 18.8. The summed E-state index contributed by atoms with van der Waals surface area (Å²) in [7, 11) is 0. The molecule has 92 valence electrons. The number of allylic oxidation sites excluding steroid dienone is 3. The van der Waals surface area contributed by atoms with Crippen molar-refractivity contribution in [2.24, 2.45) is 5.73 Å². The first kappa shape index (κ1) is 12.0. The molecule has 18 heavy (non-hydrogen) atoms. The standard InChI is InChI=1S/C14H13NO3/c15-11-5-6-12(14(17)18)10(8-11)7-9-3-1-2-4-13(9)16/h1-7,16H,8,15H2,(H,17,18). The van der Waals surface area contributed by atoms with E-state index in [-0.39, 0.29) is 11.3 Å². The summed E-state index contributed by atoms with van der Waals surface area (Å²) in [5.74, 6) is -0.886. The van der Waals surface area contributed by atoms with Gasteiger partial charge in [-0.3, -0.25) is 0 Å². The van der Waals surface area contributed by atoms with Crippen molar-refractivity contribution in [3.63, 3.8) is 0 Å². The molecule has 4 nitrogen and oxygen atoms in total. The molecular formula is C14H13NO3. The third-order valence-corrected chi connectivity index (χ3v) is 2.70. The summed E-state index contributed by atoms with van der Waals surface area (Å²) in [6, 6.07) is 6.76. The van der Waals surface area contributed by atoms with E-state index in [9.17, 15) is 9.90 Å². The van der Waals surface area contributed by atoms with E-state index in [1.807, 2.05) is 0 Å². The van der Waals surface area contributed by atoms with Crippen molar-refractivity contribution in [2.75, 3.05) is 0 Å². The lowest BCUT2D eigenvalue weighted by atomic mass is 9.94. The fraction of sp³-hybridized carbons (Fsp3) is 0.0714. The number of aliphatic carboxylic acids is 1. The first-order chi connectivity index (χ1) is 8.58. The average molecular weight is 243 g/mol. The molecule has 0 unspecified atom stereocenters. The smallest absolute Gasteiger partial charge is 0.335 e. The van der Waals surface area contributed by atoms with Crippen molar-refractivity contribution >= 4 is 12.0 Å². The molecule has 4 heteroatoms. The SMILES string of the molecule is NC1=CC=C(C(=O)O)C(=Cc2ccccc2O)C1. The van der Waals surface area contributed by atoms with E-state index >= 15 is 0 Å². The lowest BCUT2D eigenvalue weighted by Crippen LogP contribution is -2.10. The summed E-state index contributed by atoms with van der Waals surface area (Å²) in [4.78, 5) is 11.1. The number of nitrogens with two attached hydrogens (primary N) is 1. The van der Waals surface area contributed by atoms with Gasteiger partial charge >= 0.3 is 5.97 Å². The normalized spacial score (nSPS) is 17.2. The fourth-order valence-corrected chi connectivity index (χ4v) is 1.81. The minimum Gasteiger partial charge on any atom is -0.507 e. The van der Waals surface area contributed by atoms with Crippen LogP contribution in [0.3, 0.4) is 0 Å². The maximum atomic E-state index is 11.1. The van der Waals surface area contributed by atoms with Gasteiger partial charge in [-0.15, -0.1) is 0 Å². The van der Waals surface area contributed by atoms with Crippen molar-refractivity contribution in [3.8, 4) is 5.75 Å². The first-order valence-corrected chi connectivity index (χ1v) is 5.46. The van der Waals surface area contributed by atoms with Gasteiger partial charge in [0, 0.05) is 17.7 Å². The van der Waals surface area contributed by atoms with E-state index in [2.05, 4.69) is 0 Å². The number of para-hydroxylation sites is 1. The molecule has 0 aliphatic heterocycles. The number of hydrogen-bond donors (Lipinski definition) is 3. The monoisotopic (exact) mass is 243 g/mol. The van der Waals surface area contributed by atoms with Crippen LogP contribution in [0.5, 0.6) is 5.75 Å². The Morgan fingerprint density at radius 2 is 2.00 bits per heavy atom. The van der Waals surface area contributed by atoms with Crippen LogP contribution < -0.4 is 5.73 Å². The van der Waals surface area contributed by atoms with E-state index in [4.69, 9.17) is 10.8 Å². The topological polar surface area (TPSA) is 83.6 Å². The Morgan fingerprint density at radius 1 is 1.28 bits per heavy atom. The van der Waals surface area contributed by atoms with Crippen LogP contribution in [0.1, 0.15) is 12.0 Å². The second-order valence-electron chi connectivity index (χ2n) is 4.03. The van der Waals surface area contributed by atoms with Gasteiger partial charge < -0.3 is 15.9 Å². The van der Waals surface area contributed by atoms with Crippen LogP contribution in [-0.2, 0) is 4.79 Å². The Balaban J connectivity index is 2.44. The maximum absolute atomic E-state index is 11.1. The van der Waals surface area contributed by atoms with Gasteiger partial charge in [-0.05, 0) is 29.9 Å². The third kappa shape index (κ3) is 2.43. The zero-order chi connectivity index (χ0) is 13.1. The van der Waals surface area contributed by atoms with Crippen LogP contribution in [-0.4, -0.2) is 16.2 Å². The second kappa shape index (κ2) is 4.79. The molecule has 0 radical (unpaired) electrons. The number of carboxylic acids is 1. The van der Waals surface area contributed by atoms with E-state index in [1.54, 1.807) is 36.4 Å². The lowest BCUT2D eigenvalue weighted by Gasteiger charge is -2.13. The summed E-state index contributed by atoms with van der Waals surface area (Å²) >= 11 is 0. The molecule has 0 saturated heterocycles. The number of hydrogen-bond acceptors (Lipinski definition) is 3. The van der Waals surface area contributed by atoms with Gasteiger partial charge in [-0.2, -0.15) is 0 Å². The van der Waals surface area contributed by atoms with Gasteiger partial charge in [-0.25, -0.2) is 4.79 Å². The number of benzene rings is 1.